The van der Waals surface area contributed by atoms with Crippen molar-refractivity contribution in [1.29, 1.82) is 0 Å². The maximum absolute atomic E-state index is 11.6. The number of fused-ring (bicyclic) bond motifs is 3. The van der Waals surface area contributed by atoms with Crippen molar-refractivity contribution in [2.75, 3.05) is 7.11 Å². The standard InChI is InChI=1S/C16H15NO2/c1-9-4-3-5-12-14(9)11-7-6-10(16(18)19-2)8-13(11)15(12)17/h3-8,15H,17H2,1-2H3. The number of aryl methyl sites for hydroxylation is 1. The number of benzene rings is 2. The molecule has 0 heterocycles. The minimum Gasteiger partial charge on any atom is -0.465 e. The van der Waals surface area contributed by atoms with Crippen LogP contribution in [-0.4, -0.2) is 13.1 Å². The van der Waals surface area contributed by atoms with Crippen molar-refractivity contribution < 1.29 is 9.53 Å². The monoisotopic (exact) mass is 253 g/mol. The summed E-state index contributed by atoms with van der Waals surface area (Å²) in [6.45, 7) is 2.08. The van der Waals surface area contributed by atoms with Gasteiger partial charge in [0.15, 0.2) is 0 Å². The lowest BCUT2D eigenvalue weighted by molar-refractivity contribution is 0.0600. The lowest BCUT2D eigenvalue weighted by atomic mass is 10.00. The van der Waals surface area contributed by atoms with Gasteiger partial charge in [-0.1, -0.05) is 24.3 Å². The van der Waals surface area contributed by atoms with E-state index in [1.54, 1.807) is 6.07 Å². The number of nitrogens with two attached hydrogens (primary N) is 1. The Labute approximate surface area is 112 Å². The summed E-state index contributed by atoms with van der Waals surface area (Å²) in [6, 6.07) is 11.6. The summed E-state index contributed by atoms with van der Waals surface area (Å²) in [5.74, 6) is -0.331. The molecule has 3 heteroatoms. The fraction of sp³-hybridized carbons (Fsp3) is 0.188. The molecule has 0 aromatic heterocycles. The van der Waals surface area contributed by atoms with Gasteiger partial charge in [-0.3, -0.25) is 0 Å². The first-order valence-electron chi connectivity index (χ1n) is 6.21. The molecule has 96 valence electrons. The summed E-state index contributed by atoms with van der Waals surface area (Å²) in [5, 5.41) is 0. The van der Waals surface area contributed by atoms with Crippen molar-refractivity contribution >= 4 is 5.97 Å². The lowest BCUT2D eigenvalue weighted by Crippen LogP contribution is -2.09. The molecule has 0 bridgehead atoms. The molecule has 0 fully saturated rings. The quantitative estimate of drug-likeness (QED) is 0.795. The van der Waals surface area contributed by atoms with Gasteiger partial charge in [-0.2, -0.15) is 0 Å². The third-order valence-electron chi connectivity index (χ3n) is 3.72. The number of hydrogen-bond acceptors (Lipinski definition) is 3. The van der Waals surface area contributed by atoms with E-state index in [2.05, 4.69) is 13.0 Å². The molecule has 3 rings (SSSR count). The molecular formula is C16H15NO2. The van der Waals surface area contributed by atoms with Gasteiger partial charge in [-0.25, -0.2) is 4.79 Å². The summed E-state index contributed by atoms with van der Waals surface area (Å²) in [4.78, 5) is 11.6. The minimum atomic E-state index is -0.331. The largest absolute Gasteiger partial charge is 0.465 e. The number of carbonyl (C=O) groups excluding carboxylic acids is 1. The Morgan fingerprint density at radius 3 is 2.74 bits per heavy atom. The predicted molar refractivity (Wildman–Crippen MR) is 74.0 cm³/mol. The van der Waals surface area contributed by atoms with E-state index in [1.165, 1.54) is 18.2 Å². The van der Waals surface area contributed by atoms with Crippen molar-refractivity contribution in [3.8, 4) is 11.1 Å². The van der Waals surface area contributed by atoms with Gasteiger partial charge in [0.25, 0.3) is 0 Å². The molecule has 3 nitrogen and oxygen atoms in total. The Morgan fingerprint density at radius 2 is 2.00 bits per heavy atom. The lowest BCUT2D eigenvalue weighted by Gasteiger charge is -2.07. The molecule has 0 radical (unpaired) electrons. The van der Waals surface area contributed by atoms with Crippen LogP contribution in [0.3, 0.4) is 0 Å². The van der Waals surface area contributed by atoms with Crippen LogP contribution in [0, 0.1) is 6.92 Å². The molecule has 0 amide bonds. The molecule has 2 N–H and O–H groups in total. The van der Waals surface area contributed by atoms with Crippen molar-refractivity contribution in [2.45, 2.75) is 13.0 Å². The molecule has 0 spiro atoms. The van der Waals surface area contributed by atoms with Gasteiger partial charge in [0.05, 0.1) is 18.7 Å². The van der Waals surface area contributed by atoms with Crippen LogP contribution in [0.2, 0.25) is 0 Å². The zero-order valence-electron chi connectivity index (χ0n) is 10.9. The molecule has 2 aromatic rings. The Kier molecular flexibility index (Phi) is 2.64. The van der Waals surface area contributed by atoms with Crippen molar-refractivity contribution in [2.24, 2.45) is 5.73 Å². The highest BCUT2D eigenvalue weighted by Gasteiger charge is 2.27. The van der Waals surface area contributed by atoms with Gasteiger partial charge < -0.3 is 10.5 Å². The van der Waals surface area contributed by atoms with E-state index in [0.717, 1.165) is 16.7 Å². The number of hydrogen-bond donors (Lipinski definition) is 1. The molecule has 1 aliphatic carbocycles. The first-order chi connectivity index (χ1) is 9.13. The Balaban J connectivity index is 2.21. The van der Waals surface area contributed by atoms with Crippen LogP contribution in [0.5, 0.6) is 0 Å². The SMILES string of the molecule is COC(=O)c1ccc2c(c1)C(N)c1cccc(C)c1-2. The van der Waals surface area contributed by atoms with Crippen LogP contribution in [0.4, 0.5) is 0 Å². The molecule has 1 aliphatic rings. The first-order valence-corrected chi connectivity index (χ1v) is 6.21. The first kappa shape index (κ1) is 11.9. The normalized spacial score (nSPS) is 15.8. The van der Waals surface area contributed by atoms with E-state index < -0.39 is 0 Å². The fourth-order valence-corrected chi connectivity index (χ4v) is 2.78. The topological polar surface area (TPSA) is 52.3 Å². The summed E-state index contributed by atoms with van der Waals surface area (Å²) < 4.78 is 4.75. The minimum absolute atomic E-state index is 0.172. The summed E-state index contributed by atoms with van der Waals surface area (Å²) in [6.07, 6.45) is 0. The van der Waals surface area contributed by atoms with Crippen molar-refractivity contribution in [1.82, 2.24) is 0 Å². The Hall–Kier alpha value is -2.13. The number of methoxy groups -OCH3 is 1. The molecule has 2 aromatic carbocycles. The van der Waals surface area contributed by atoms with Crippen LogP contribution in [0.15, 0.2) is 36.4 Å². The smallest absolute Gasteiger partial charge is 0.337 e. The van der Waals surface area contributed by atoms with Gasteiger partial charge in [-0.05, 0) is 46.9 Å². The van der Waals surface area contributed by atoms with E-state index in [1.807, 2.05) is 24.3 Å². The second kappa shape index (κ2) is 4.21. The maximum Gasteiger partial charge on any atom is 0.337 e. The third-order valence-corrected chi connectivity index (χ3v) is 3.72. The number of ether oxygens (including phenoxy) is 1. The molecule has 0 saturated carbocycles. The van der Waals surface area contributed by atoms with Gasteiger partial charge in [0.1, 0.15) is 0 Å². The van der Waals surface area contributed by atoms with Crippen LogP contribution in [0.1, 0.15) is 33.1 Å². The number of carbonyl (C=O) groups is 1. The van der Waals surface area contributed by atoms with Gasteiger partial charge in [-0.15, -0.1) is 0 Å². The maximum atomic E-state index is 11.6. The van der Waals surface area contributed by atoms with E-state index in [-0.39, 0.29) is 12.0 Å². The summed E-state index contributed by atoms with van der Waals surface area (Å²) >= 11 is 0. The second-order valence-electron chi connectivity index (χ2n) is 4.81. The van der Waals surface area contributed by atoms with E-state index in [9.17, 15) is 4.79 Å². The predicted octanol–water partition coefficient (Wildman–Crippen LogP) is 2.81. The Bertz CT molecular complexity index is 676. The molecular weight excluding hydrogens is 238 g/mol. The molecule has 0 aliphatic heterocycles. The average molecular weight is 253 g/mol. The highest BCUT2D eigenvalue weighted by atomic mass is 16.5. The van der Waals surface area contributed by atoms with Crippen LogP contribution < -0.4 is 5.73 Å². The molecule has 0 saturated heterocycles. The third kappa shape index (κ3) is 1.66. The second-order valence-corrected chi connectivity index (χ2v) is 4.81. The van der Waals surface area contributed by atoms with Crippen LogP contribution in [-0.2, 0) is 4.74 Å². The van der Waals surface area contributed by atoms with Crippen LogP contribution >= 0.6 is 0 Å². The van der Waals surface area contributed by atoms with E-state index in [4.69, 9.17) is 10.5 Å². The summed E-state index contributed by atoms with van der Waals surface area (Å²) in [5.41, 5.74) is 12.5. The Morgan fingerprint density at radius 1 is 1.21 bits per heavy atom. The number of esters is 1. The van der Waals surface area contributed by atoms with Gasteiger partial charge in [0, 0.05) is 0 Å². The highest BCUT2D eigenvalue weighted by Crippen LogP contribution is 2.44. The molecule has 1 unspecified atom stereocenters. The summed E-state index contributed by atoms with van der Waals surface area (Å²) in [7, 11) is 1.38. The van der Waals surface area contributed by atoms with Gasteiger partial charge >= 0.3 is 5.97 Å². The van der Waals surface area contributed by atoms with Gasteiger partial charge in [0.2, 0.25) is 0 Å². The van der Waals surface area contributed by atoms with Crippen molar-refractivity contribution in [3.63, 3.8) is 0 Å². The van der Waals surface area contributed by atoms with E-state index in [0.29, 0.717) is 5.56 Å². The zero-order chi connectivity index (χ0) is 13.6. The molecule has 19 heavy (non-hydrogen) atoms. The van der Waals surface area contributed by atoms with Crippen molar-refractivity contribution in [3.05, 3.63) is 58.7 Å². The average Bonchev–Trinajstić information content (AvgIpc) is 2.72. The molecule has 1 atom stereocenters. The highest BCUT2D eigenvalue weighted by molar-refractivity contribution is 5.92. The van der Waals surface area contributed by atoms with Crippen LogP contribution in [0.25, 0.3) is 11.1 Å². The fourth-order valence-electron chi connectivity index (χ4n) is 2.78. The van der Waals surface area contributed by atoms with E-state index >= 15 is 0 Å². The zero-order valence-corrected chi connectivity index (χ0v) is 10.9. The number of rotatable bonds is 1.